The normalized spacial score (nSPS) is 12.6. The molecule has 0 aliphatic heterocycles. The highest BCUT2D eigenvalue weighted by Crippen LogP contribution is 2.08. The van der Waals surface area contributed by atoms with Gasteiger partial charge in [-0.25, -0.2) is 0 Å². The van der Waals surface area contributed by atoms with Gasteiger partial charge in [0, 0.05) is 19.5 Å². The fourth-order valence-corrected chi connectivity index (χ4v) is 1.59. The van der Waals surface area contributed by atoms with Crippen molar-refractivity contribution in [1.82, 2.24) is 4.90 Å². The number of carbonyl (C=O) groups excluding carboxylic acids is 1. The Bertz CT molecular complexity index is 145. The van der Waals surface area contributed by atoms with E-state index in [1.54, 1.807) is 6.92 Å². The van der Waals surface area contributed by atoms with Gasteiger partial charge in [0.05, 0.1) is 0 Å². The molecule has 0 aromatic carbocycles. The van der Waals surface area contributed by atoms with Crippen molar-refractivity contribution in [2.75, 3.05) is 6.54 Å². The van der Waals surface area contributed by atoms with Crippen molar-refractivity contribution >= 4 is 5.91 Å². The topological polar surface area (TPSA) is 20.3 Å². The molecule has 2 heteroatoms. The number of nitrogens with zero attached hydrogens (tertiary/aromatic N) is 1. The van der Waals surface area contributed by atoms with Gasteiger partial charge in [-0.05, 0) is 19.8 Å². The number of carbonyl (C=O) groups is 1. The number of hydrogen-bond acceptors (Lipinski definition) is 1. The van der Waals surface area contributed by atoms with Crippen LogP contribution in [0, 0.1) is 0 Å². The van der Waals surface area contributed by atoms with E-state index < -0.39 is 0 Å². The van der Waals surface area contributed by atoms with Gasteiger partial charge in [-0.3, -0.25) is 4.79 Å². The summed E-state index contributed by atoms with van der Waals surface area (Å²) in [5.41, 5.74) is 0. The maximum atomic E-state index is 11.3. The lowest BCUT2D eigenvalue weighted by Crippen LogP contribution is -2.37. The molecule has 0 N–H and O–H groups in total. The Hall–Kier alpha value is -0.530. The van der Waals surface area contributed by atoms with E-state index in [4.69, 9.17) is 0 Å². The highest BCUT2D eigenvalue weighted by molar-refractivity contribution is 5.73. The minimum Gasteiger partial charge on any atom is -0.340 e. The second-order valence-electron chi connectivity index (χ2n) is 3.70. The molecule has 0 saturated heterocycles. The first-order valence-corrected chi connectivity index (χ1v) is 5.40. The van der Waals surface area contributed by atoms with E-state index in [0.29, 0.717) is 6.04 Å². The van der Waals surface area contributed by atoms with Gasteiger partial charge in [0.2, 0.25) is 5.91 Å². The van der Waals surface area contributed by atoms with Gasteiger partial charge >= 0.3 is 0 Å². The molecule has 78 valence electrons. The van der Waals surface area contributed by atoms with Gasteiger partial charge in [-0.15, -0.1) is 0 Å². The summed E-state index contributed by atoms with van der Waals surface area (Å²) >= 11 is 0. The van der Waals surface area contributed by atoms with Crippen molar-refractivity contribution in [3.05, 3.63) is 0 Å². The molecular formula is C11H23NO. The molecule has 0 fully saturated rings. The molecule has 1 atom stereocenters. The third-order valence-corrected chi connectivity index (χ3v) is 2.40. The number of amides is 1. The fourth-order valence-electron chi connectivity index (χ4n) is 1.59. The highest BCUT2D eigenvalue weighted by Gasteiger charge is 2.14. The van der Waals surface area contributed by atoms with E-state index in [2.05, 4.69) is 20.8 Å². The zero-order valence-corrected chi connectivity index (χ0v) is 9.47. The van der Waals surface area contributed by atoms with Gasteiger partial charge < -0.3 is 4.90 Å². The summed E-state index contributed by atoms with van der Waals surface area (Å²) in [6.07, 6.45) is 4.54. The van der Waals surface area contributed by atoms with Crippen LogP contribution in [0.3, 0.4) is 0 Å². The molecule has 1 unspecified atom stereocenters. The van der Waals surface area contributed by atoms with E-state index in [9.17, 15) is 4.79 Å². The molecule has 0 heterocycles. The molecular weight excluding hydrogens is 162 g/mol. The summed E-state index contributed by atoms with van der Waals surface area (Å²) < 4.78 is 0. The van der Waals surface area contributed by atoms with E-state index in [-0.39, 0.29) is 5.91 Å². The molecule has 0 spiro atoms. The molecule has 0 rings (SSSR count). The zero-order chi connectivity index (χ0) is 10.3. The molecule has 0 radical (unpaired) electrons. The van der Waals surface area contributed by atoms with Gasteiger partial charge in [-0.2, -0.15) is 0 Å². The van der Waals surface area contributed by atoms with Gasteiger partial charge in [0.25, 0.3) is 0 Å². The summed E-state index contributed by atoms with van der Waals surface area (Å²) in [4.78, 5) is 13.3. The van der Waals surface area contributed by atoms with E-state index in [0.717, 1.165) is 32.2 Å². The standard InChI is InChI=1S/C11H23NO/c1-5-7-9-12(11(4)13)10(3)8-6-2/h10H,5-9H2,1-4H3. The van der Waals surface area contributed by atoms with E-state index in [1.165, 1.54) is 0 Å². The van der Waals surface area contributed by atoms with Crippen LogP contribution in [0.5, 0.6) is 0 Å². The molecule has 13 heavy (non-hydrogen) atoms. The molecule has 0 aromatic rings. The third kappa shape index (κ3) is 4.91. The number of rotatable bonds is 6. The van der Waals surface area contributed by atoms with Crippen molar-refractivity contribution in [2.45, 2.75) is 59.4 Å². The van der Waals surface area contributed by atoms with Gasteiger partial charge in [0.15, 0.2) is 0 Å². The Morgan fingerprint density at radius 1 is 1.31 bits per heavy atom. The van der Waals surface area contributed by atoms with Crippen LogP contribution in [0.1, 0.15) is 53.4 Å². The maximum absolute atomic E-state index is 11.3. The van der Waals surface area contributed by atoms with E-state index >= 15 is 0 Å². The van der Waals surface area contributed by atoms with Gasteiger partial charge in [0.1, 0.15) is 0 Å². The summed E-state index contributed by atoms with van der Waals surface area (Å²) in [7, 11) is 0. The summed E-state index contributed by atoms with van der Waals surface area (Å²) in [6.45, 7) is 9.05. The Labute approximate surface area is 82.3 Å². The van der Waals surface area contributed by atoms with E-state index in [1.807, 2.05) is 4.90 Å². The first kappa shape index (κ1) is 12.5. The van der Waals surface area contributed by atoms with Crippen LogP contribution < -0.4 is 0 Å². The van der Waals surface area contributed by atoms with Crippen LogP contribution in [0.25, 0.3) is 0 Å². The van der Waals surface area contributed by atoms with Crippen LogP contribution in [0.4, 0.5) is 0 Å². The quantitative estimate of drug-likeness (QED) is 0.623. The first-order chi connectivity index (χ1) is 6.13. The Morgan fingerprint density at radius 3 is 2.31 bits per heavy atom. The highest BCUT2D eigenvalue weighted by atomic mass is 16.2. The average Bonchev–Trinajstić information content (AvgIpc) is 2.05. The molecule has 0 aliphatic carbocycles. The second kappa shape index (κ2) is 6.93. The predicted octanol–water partition coefficient (Wildman–Crippen LogP) is 2.82. The Balaban J connectivity index is 3.99. The van der Waals surface area contributed by atoms with Crippen LogP contribution in [0.2, 0.25) is 0 Å². The molecule has 0 aliphatic rings. The van der Waals surface area contributed by atoms with Crippen LogP contribution in [-0.2, 0) is 4.79 Å². The van der Waals surface area contributed by atoms with Crippen LogP contribution >= 0.6 is 0 Å². The lowest BCUT2D eigenvalue weighted by atomic mass is 10.1. The Kier molecular flexibility index (Phi) is 6.65. The largest absolute Gasteiger partial charge is 0.340 e. The minimum atomic E-state index is 0.217. The summed E-state index contributed by atoms with van der Waals surface area (Å²) in [5.74, 6) is 0.217. The lowest BCUT2D eigenvalue weighted by Gasteiger charge is -2.27. The monoisotopic (exact) mass is 185 g/mol. The molecule has 0 bridgehead atoms. The smallest absolute Gasteiger partial charge is 0.219 e. The average molecular weight is 185 g/mol. The van der Waals surface area contributed by atoms with Crippen molar-refractivity contribution in [2.24, 2.45) is 0 Å². The minimum absolute atomic E-state index is 0.217. The number of unbranched alkanes of at least 4 members (excludes halogenated alkanes) is 1. The lowest BCUT2D eigenvalue weighted by molar-refractivity contribution is -0.131. The molecule has 0 saturated carbocycles. The first-order valence-electron chi connectivity index (χ1n) is 5.40. The summed E-state index contributed by atoms with van der Waals surface area (Å²) in [6, 6.07) is 0.411. The van der Waals surface area contributed by atoms with Gasteiger partial charge in [-0.1, -0.05) is 26.7 Å². The summed E-state index contributed by atoms with van der Waals surface area (Å²) in [5, 5.41) is 0. The predicted molar refractivity (Wildman–Crippen MR) is 56.7 cm³/mol. The number of hydrogen-bond donors (Lipinski definition) is 0. The van der Waals surface area contributed by atoms with Crippen molar-refractivity contribution < 1.29 is 4.79 Å². The maximum Gasteiger partial charge on any atom is 0.219 e. The van der Waals surface area contributed by atoms with Crippen molar-refractivity contribution in [1.29, 1.82) is 0 Å². The third-order valence-electron chi connectivity index (χ3n) is 2.40. The molecule has 2 nitrogen and oxygen atoms in total. The zero-order valence-electron chi connectivity index (χ0n) is 9.47. The van der Waals surface area contributed by atoms with Crippen LogP contribution in [-0.4, -0.2) is 23.4 Å². The molecule has 0 aromatic heterocycles. The van der Waals surface area contributed by atoms with Crippen molar-refractivity contribution in [3.8, 4) is 0 Å². The SMILES string of the molecule is CCCCN(C(C)=O)C(C)CCC. The second-order valence-corrected chi connectivity index (χ2v) is 3.70. The Morgan fingerprint density at radius 2 is 1.92 bits per heavy atom. The fraction of sp³-hybridized carbons (Fsp3) is 0.909. The van der Waals surface area contributed by atoms with Crippen molar-refractivity contribution in [3.63, 3.8) is 0 Å². The van der Waals surface area contributed by atoms with Crippen LogP contribution in [0.15, 0.2) is 0 Å². The molecule has 1 amide bonds.